The first-order valence-electron chi connectivity index (χ1n) is 6.67. The molecule has 0 spiro atoms. The molecule has 2 aromatic rings. The van der Waals surface area contributed by atoms with E-state index in [1.54, 1.807) is 0 Å². The second kappa shape index (κ2) is 6.50. The Labute approximate surface area is 116 Å². The van der Waals surface area contributed by atoms with Crippen molar-refractivity contribution >= 4 is 18.4 Å². The van der Waals surface area contributed by atoms with Crippen molar-refractivity contribution in [3.05, 3.63) is 72.4 Å². The molecule has 0 bridgehead atoms. The molecule has 0 aliphatic rings. The van der Waals surface area contributed by atoms with Crippen LogP contribution in [-0.2, 0) is 0 Å². The Morgan fingerprint density at radius 3 is 1.79 bits per heavy atom. The van der Waals surface area contributed by atoms with Crippen LogP contribution >= 0.6 is 0 Å². The summed E-state index contributed by atoms with van der Waals surface area (Å²) in [6.07, 6.45) is 2.84. The molecule has 0 saturated carbocycles. The van der Waals surface area contributed by atoms with Gasteiger partial charge in [0.15, 0.2) is 0 Å². The van der Waals surface area contributed by atoms with Gasteiger partial charge < -0.3 is 5.11 Å². The first-order chi connectivity index (χ1) is 9.27. The molecule has 0 radical (unpaired) electrons. The summed E-state index contributed by atoms with van der Waals surface area (Å²) >= 11 is 0. The first-order valence-corrected chi connectivity index (χ1v) is 9.25. The zero-order chi connectivity index (χ0) is 13.6. The van der Waals surface area contributed by atoms with Crippen LogP contribution in [0.3, 0.4) is 0 Å². The monoisotopic (exact) mass is 268 g/mol. The lowest BCUT2D eigenvalue weighted by Gasteiger charge is -2.25. The van der Waals surface area contributed by atoms with E-state index >= 15 is 0 Å². The third-order valence-electron chi connectivity index (χ3n) is 3.49. The highest BCUT2D eigenvalue weighted by atomic mass is 28.3. The lowest BCUT2D eigenvalue weighted by Crippen LogP contribution is -2.54. The van der Waals surface area contributed by atoms with Crippen molar-refractivity contribution in [2.24, 2.45) is 0 Å². The first kappa shape index (κ1) is 13.8. The zero-order valence-electron chi connectivity index (χ0n) is 11.3. The molecule has 0 atom stereocenters. The van der Waals surface area contributed by atoms with Crippen molar-refractivity contribution < 1.29 is 5.11 Å². The smallest absolute Gasteiger partial charge is 0.137 e. The zero-order valence-corrected chi connectivity index (χ0v) is 12.3. The van der Waals surface area contributed by atoms with Crippen LogP contribution in [0.1, 0.15) is 6.42 Å². The molecule has 0 unspecified atom stereocenters. The fourth-order valence-electron chi connectivity index (χ4n) is 2.32. The van der Waals surface area contributed by atoms with Gasteiger partial charge in [0.05, 0.1) is 0 Å². The van der Waals surface area contributed by atoms with Gasteiger partial charge in [0, 0.05) is 6.61 Å². The third-order valence-corrected chi connectivity index (χ3v) is 7.46. The molecule has 19 heavy (non-hydrogen) atoms. The van der Waals surface area contributed by atoms with Gasteiger partial charge in [-0.3, -0.25) is 0 Å². The van der Waals surface area contributed by atoms with E-state index in [1.807, 2.05) is 0 Å². The van der Waals surface area contributed by atoms with Crippen LogP contribution in [0.25, 0.3) is 0 Å². The molecule has 0 aliphatic carbocycles. The third kappa shape index (κ3) is 3.22. The minimum atomic E-state index is -1.83. The number of benzene rings is 2. The molecule has 98 valence electrons. The van der Waals surface area contributed by atoms with Gasteiger partial charge in [-0.05, 0) is 6.42 Å². The summed E-state index contributed by atoms with van der Waals surface area (Å²) in [5, 5.41) is 11.8. The maximum absolute atomic E-state index is 8.97. The van der Waals surface area contributed by atoms with Crippen LogP contribution in [-0.4, -0.2) is 19.8 Å². The van der Waals surface area contributed by atoms with Crippen LogP contribution in [0, 0.1) is 0 Å². The van der Waals surface area contributed by atoms with E-state index in [9.17, 15) is 0 Å². The summed E-state index contributed by atoms with van der Waals surface area (Å²) in [6, 6.07) is 21.4. The van der Waals surface area contributed by atoms with Gasteiger partial charge in [-0.1, -0.05) is 89.4 Å². The predicted octanol–water partition coefficient (Wildman–Crippen LogP) is 2.36. The number of hydrogen-bond donors (Lipinski definition) is 1. The Morgan fingerprint density at radius 2 is 1.37 bits per heavy atom. The second-order valence-electron chi connectivity index (χ2n) is 4.85. The Hall–Kier alpha value is -1.64. The number of aliphatic hydroxyl groups is 1. The average molecular weight is 268 g/mol. The predicted molar refractivity (Wildman–Crippen MR) is 84.6 cm³/mol. The van der Waals surface area contributed by atoms with Gasteiger partial charge in [-0.25, -0.2) is 0 Å². The summed E-state index contributed by atoms with van der Waals surface area (Å²) < 4.78 is 0. The fraction of sp³-hybridized carbons (Fsp3) is 0.176. The molecule has 2 rings (SSSR count). The highest BCUT2D eigenvalue weighted by Crippen LogP contribution is 2.08. The van der Waals surface area contributed by atoms with Crippen molar-refractivity contribution in [1.82, 2.24) is 0 Å². The number of aliphatic hydroxyl groups excluding tert-OH is 1. The maximum Gasteiger partial charge on any atom is 0.137 e. The quantitative estimate of drug-likeness (QED) is 0.825. The average Bonchev–Trinajstić information content (AvgIpc) is 2.49. The Balaban J connectivity index is 2.45. The minimum Gasteiger partial charge on any atom is -0.396 e. The Kier molecular flexibility index (Phi) is 4.72. The summed E-state index contributed by atoms with van der Waals surface area (Å²) in [7, 11) is -1.83. The standard InChI is InChI=1S/C17H20OSi/c1-19(15-9-8-14-18,16-10-4-2-5-11-16)17-12-6-3-7-13-17/h2-7,9-13,15,18H,8,14H2,1H3/b15-9+. The number of rotatable bonds is 5. The van der Waals surface area contributed by atoms with Crippen molar-refractivity contribution in [1.29, 1.82) is 0 Å². The van der Waals surface area contributed by atoms with Gasteiger partial charge >= 0.3 is 0 Å². The minimum absolute atomic E-state index is 0.213. The van der Waals surface area contributed by atoms with Crippen molar-refractivity contribution in [3.8, 4) is 0 Å². The molecule has 2 aromatic carbocycles. The van der Waals surface area contributed by atoms with E-state index in [0.29, 0.717) is 0 Å². The summed E-state index contributed by atoms with van der Waals surface area (Å²) in [4.78, 5) is 0. The summed E-state index contributed by atoms with van der Waals surface area (Å²) in [5.41, 5.74) is 2.33. The SMILES string of the molecule is C[Si](/C=C/CCO)(c1ccccc1)c1ccccc1. The van der Waals surface area contributed by atoms with E-state index in [-0.39, 0.29) is 6.61 Å². The van der Waals surface area contributed by atoms with E-state index in [0.717, 1.165) is 6.42 Å². The second-order valence-corrected chi connectivity index (χ2v) is 8.74. The van der Waals surface area contributed by atoms with Crippen LogP contribution in [0.2, 0.25) is 6.55 Å². The highest BCUT2D eigenvalue weighted by molar-refractivity contribution is 7.05. The van der Waals surface area contributed by atoms with E-state index in [1.165, 1.54) is 10.4 Å². The Morgan fingerprint density at radius 1 is 0.895 bits per heavy atom. The fourth-order valence-corrected chi connectivity index (χ4v) is 5.45. The van der Waals surface area contributed by atoms with Gasteiger partial charge in [0.2, 0.25) is 0 Å². The van der Waals surface area contributed by atoms with Gasteiger partial charge in [-0.15, -0.1) is 0 Å². The topological polar surface area (TPSA) is 20.2 Å². The van der Waals surface area contributed by atoms with Crippen LogP contribution in [0.15, 0.2) is 72.4 Å². The Bertz CT molecular complexity index is 480. The van der Waals surface area contributed by atoms with Crippen molar-refractivity contribution in [2.45, 2.75) is 13.0 Å². The van der Waals surface area contributed by atoms with Crippen LogP contribution in [0.5, 0.6) is 0 Å². The molecule has 0 aromatic heterocycles. The normalized spacial score (nSPS) is 11.9. The van der Waals surface area contributed by atoms with E-state index in [2.05, 4.69) is 79.0 Å². The molecule has 0 fully saturated rings. The highest BCUT2D eigenvalue weighted by Gasteiger charge is 2.28. The van der Waals surface area contributed by atoms with Gasteiger partial charge in [0.25, 0.3) is 0 Å². The molecule has 2 heteroatoms. The molecular formula is C17H20OSi. The van der Waals surface area contributed by atoms with Crippen LogP contribution in [0.4, 0.5) is 0 Å². The van der Waals surface area contributed by atoms with Crippen LogP contribution < -0.4 is 10.4 Å². The molecule has 0 amide bonds. The lowest BCUT2D eigenvalue weighted by molar-refractivity contribution is 0.302. The molecular weight excluding hydrogens is 248 g/mol. The van der Waals surface area contributed by atoms with Crippen molar-refractivity contribution in [3.63, 3.8) is 0 Å². The van der Waals surface area contributed by atoms with Crippen molar-refractivity contribution in [2.75, 3.05) is 6.61 Å². The van der Waals surface area contributed by atoms with Gasteiger partial charge in [0.1, 0.15) is 8.07 Å². The summed E-state index contributed by atoms with van der Waals surface area (Å²) in [6.45, 7) is 2.57. The lowest BCUT2D eigenvalue weighted by atomic mass is 10.4. The van der Waals surface area contributed by atoms with Gasteiger partial charge in [-0.2, -0.15) is 0 Å². The molecule has 0 aliphatic heterocycles. The molecule has 1 N–H and O–H groups in total. The molecule has 0 heterocycles. The molecule has 0 saturated heterocycles. The van der Waals surface area contributed by atoms with E-state index in [4.69, 9.17) is 5.11 Å². The maximum atomic E-state index is 8.97. The largest absolute Gasteiger partial charge is 0.396 e. The summed E-state index contributed by atoms with van der Waals surface area (Å²) in [5.74, 6) is 0. The number of hydrogen-bond acceptors (Lipinski definition) is 1. The van der Waals surface area contributed by atoms with E-state index < -0.39 is 8.07 Å². The molecule has 1 nitrogen and oxygen atoms in total.